The van der Waals surface area contributed by atoms with Gasteiger partial charge in [-0.15, -0.1) is 5.10 Å². The molecule has 0 bridgehead atoms. The summed E-state index contributed by atoms with van der Waals surface area (Å²) in [7, 11) is 0. The Kier molecular flexibility index (Phi) is 5.93. The molecule has 160 valence electrons. The van der Waals surface area contributed by atoms with Crippen molar-refractivity contribution < 1.29 is 27.4 Å². The van der Waals surface area contributed by atoms with Gasteiger partial charge in [-0.1, -0.05) is 12.1 Å². The van der Waals surface area contributed by atoms with Crippen molar-refractivity contribution in [2.75, 3.05) is 19.7 Å². The quantitative estimate of drug-likeness (QED) is 0.622. The lowest BCUT2D eigenvalue weighted by Crippen LogP contribution is -2.35. The summed E-state index contributed by atoms with van der Waals surface area (Å²) in [6.07, 6.45) is -1.21. The number of hydrogen-bond donors (Lipinski definition) is 1. The minimum atomic E-state index is -2.88. The van der Waals surface area contributed by atoms with Gasteiger partial charge < -0.3 is 14.3 Å². The molecule has 1 aromatic carbocycles. The standard InChI is InChI=1S/C20H21F3N4O3/c21-15-3-1-2-4-16(15)27-20(24-19(25-27)18(22)23)29-12-13-7-9-26(10-8-13)11-14-5-6-17(28)30-14/h1-6,13,18,28H,7-12H2. The van der Waals surface area contributed by atoms with Crippen molar-refractivity contribution in [2.45, 2.75) is 25.8 Å². The molecule has 0 saturated carbocycles. The average Bonchev–Trinajstić information content (AvgIpc) is 3.34. The average molecular weight is 422 g/mol. The fourth-order valence-corrected chi connectivity index (χ4v) is 3.45. The second-order valence-electron chi connectivity index (χ2n) is 7.19. The Labute approximate surface area is 170 Å². The van der Waals surface area contributed by atoms with E-state index in [0.29, 0.717) is 12.3 Å². The number of hydrogen-bond acceptors (Lipinski definition) is 6. The molecule has 30 heavy (non-hydrogen) atoms. The van der Waals surface area contributed by atoms with Gasteiger partial charge in [0.05, 0.1) is 13.2 Å². The highest BCUT2D eigenvalue weighted by Crippen LogP contribution is 2.26. The van der Waals surface area contributed by atoms with Gasteiger partial charge in [-0.2, -0.15) is 9.67 Å². The van der Waals surface area contributed by atoms with Crippen molar-refractivity contribution in [2.24, 2.45) is 5.92 Å². The van der Waals surface area contributed by atoms with Gasteiger partial charge in [-0.3, -0.25) is 4.90 Å². The Hall–Kier alpha value is -3.01. The zero-order valence-corrected chi connectivity index (χ0v) is 16.0. The van der Waals surface area contributed by atoms with Gasteiger partial charge in [-0.25, -0.2) is 13.2 Å². The normalized spacial score (nSPS) is 15.7. The summed E-state index contributed by atoms with van der Waals surface area (Å²) in [4.78, 5) is 5.95. The van der Waals surface area contributed by atoms with E-state index in [0.717, 1.165) is 30.6 Å². The highest BCUT2D eigenvalue weighted by Gasteiger charge is 2.24. The monoisotopic (exact) mass is 422 g/mol. The summed E-state index contributed by atoms with van der Waals surface area (Å²) in [5, 5.41) is 13.0. The summed E-state index contributed by atoms with van der Waals surface area (Å²) in [5.74, 6) is -0.516. The van der Waals surface area contributed by atoms with Crippen molar-refractivity contribution >= 4 is 0 Å². The van der Waals surface area contributed by atoms with Gasteiger partial charge in [0.2, 0.25) is 5.82 Å². The number of aromatic hydroxyl groups is 1. The predicted molar refractivity (Wildman–Crippen MR) is 100 cm³/mol. The number of furan rings is 1. The number of aromatic nitrogens is 3. The van der Waals surface area contributed by atoms with Crippen LogP contribution in [0.3, 0.4) is 0 Å². The van der Waals surface area contributed by atoms with E-state index in [1.54, 1.807) is 12.1 Å². The summed E-state index contributed by atoms with van der Waals surface area (Å²) < 4.78 is 52.1. The number of halogens is 3. The SMILES string of the molecule is Oc1ccc(CN2CCC(COc3nc(C(F)F)nn3-c3ccccc3F)CC2)o1. The summed E-state index contributed by atoms with van der Waals surface area (Å²) >= 11 is 0. The predicted octanol–water partition coefficient (Wildman–Crippen LogP) is 3.93. The Morgan fingerprint density at radius 1 is 1.17 bits per heavy atom. The molecule has 1 aliphatic heterocycles. The first kappa shape index (κ1) is 20.3. The molecule has 1 aliphatic rings. The molecule has 7 nitrogen and oxygen atoms in total. The summed E-state index contributed by atoms with van der Waals surface area (Å²) in [6.45, 7) is 2.48. The molecule has 0 radical (unpaired) electrons. The van der Waals surface area contributed by atoms with Gasteiger partial charge in [0, 0.05) is 6.07 Å². The second-order valence-corrected chi connectivity index (χ2v) is 7.19. The van der Waals surface area contributed by atoms with Crippen LogP contribution < -0.4 is 4.74 Å². The zero-order chi connectivity index (χ0) is 21.1. The maximum absolute atomic E-state index is 14.1. The van der Waals surface area contributed by atoms with Crippen LogP contribution in [0.2, 0.25) is 0 Å². The van der Waals surface area contributed by atoms with Crippen molar-refractivity contribution in [3.05, 3.63) is 53.8 Å². The van der Waals surface area contributed by atoms with E-state index < -0.39 is 18.1 Å². The van der Waals surface area contributed by atoms with Crippen LogP contribution in [0, 0.1) is 11.7 Å². The fraction of sp³-hybridized carbons (Fsp3) is 0.400. The van der Waals surface area contributed by atoms with E-state index in [4.69, 9.17) is 9.15 Å². The van der Waals surface area contributed by atoms with Crippen LogP contribution in [0.25, 0.3) is 5.69 Å². The van der Waals surface area contributed by atoms with Crippen molar-refractivity contribution in [1.82, 2.24) is 19.7 Å². The van der Waals surface area contributed by atoms with Crippen LogP contribution in [0.15, 0.2) is 40.8 Å². The van der Waals surface area contributed by atoms with E-state index >= 15 is 0 Å². The lowest BCUT2D eigenvalue weighted by atomic mass is 9.98. The largest absolute Gasteiger partial charge is 0.481 e. The second kappa shape index (κ2) is 8.78. The van der Waals surface area contributed by atoms with E-state index in [1.807, 2.05) is 0 Å². The topological polar surface area (TPSA) is 76.6 Å². The number of nitrogens with zero attached hydrogens (tertiary/aromatic N) is 4. The molecule has 10 heteroatoms. The molecule has 0 unspecified atom stereocenters. The summed E-state index contributed by atoms with van der Waals surface area (Å²) in [6, 6.07) is 8.83. The van der Waals surface area contributed by atoms with Crippen LogP contribution in [0.1, 0.15) is 30.9 Å². The maximum atomic E-state index is 14.1. The molecule has 1 fully saturated rings. The maximum Gasteiger partial charge on any atom is 0.320 e. The van der Waals surface area contributed by atoms with Gasteiger partial charge in [0.25, 0.3) is 12.4 Å². The molecule has 4 rings (SSSR count). The van der Waals surface area contributed by atoms with Gasteiger partial charge in [0.15, 0.2) is 0 Å². The summed E-state index contributed by atoms with van der Waals surface area (Å²) in [5.41, 5.74) is 0.00317. The van der Waals surface area contributed by atoms with Crippen LogP contribution in [-0.2, 0) is 6.54 Å². The minimum Gasteiger partial charge on any atom is -0.481 e. The Balaban J connectivity index is 1.37. The fourth-order valence-electron chi connectivity index (χ4n) is 3.45. The van der Waals surface area contributed by atoms with E-state index in [-0.39, 0.29) is 30.2 Å². The molecule has 1 N–H and O–H groups in total. The first-order chi connectivity index (χ1) is 14.5. The number of ether oxygens (including phenoxy) is 1. The lowest BCUT2D eigenvalue weighted by molar-refractivity contribution is 0.123. The van der Waals surface area contributed by atoms with Crippen LogP contribution in [0.4, 0.5) is 13.2 Å². The van der Waals surface area contributed by atoms with Crippen molar-refractivity contribution in [1.29, 1.82) is 0 Å². The first-order valence-electron chi connectivity index (χ1n) is 9.62. The van der Waals surface area contributed by atoms with Gasteiger partial charge in [-0.05, 0) is 50.0 Å². The van der Waals surface area contributed by atoms with Gasteiger partial charge in [0.1, 0.15) is 17.3 Å². The number of piperidine rings is 1. The van der Waals surface area contributed by atoms with Gasteiger partial charge >= 0.3 is 6.01 Å². The molecule has 2 aromatic heterocycles. The number of para-hydroxylation sites is 1. The molecular weight excluding hydrogens is 401 g/mol. The number of likely N-dealkylation sites (tertiary alicyclic amines) is 1. The molecule has 3 aromatic rings. The Morgan fingerprint density at radius 2 is 1.93 bits per heavy atom. The van der Waals surface area contributed by atoms with E-state index in [2.05, 4.69) is 15.0 Å². The van der Waals surface area contributed by atoms with Crippen molar-refractivity contribution in [3.8, 4) is 17.6 Å². The minimum absolute atomic E-state index is 0.00317. The third-order valence-corrected chi connectivity index (χ3v) is 5.05. The zero-order valence-electron chi connectivity index (χ0n) is 16.0. The number of benzene rings is 1. The number of alkyl halides is 2. The van der Waals surface area contributed by atoms with E-state index in [9.17, 15) is 18.3 Å². The lowest BCUT2D eigenvalue weighted by Gasteiger charge is -2.31. The van der Waals surface area contributed by atoms with Crippen LogP contribution in [0.5, 0.6) is 12.0 Å². The highest BCUT2D eigenvalue weighted by atomic mass is 19.3. The van der Waals surface area contributed by atoms with E-state index in [1.165, 1.54) is 24.3 Å². The molecule has 0 atom stereocenters. The molecule has 1 saturated heterocycles. The molecule has 0 spiro atoms. The van der Waals surface area contributed by atoms with Crippen molar-refractivity contribution in [3.63, 3.8) is 0 Å². The Morgan fingerprint density at radius 3 is 2.60 bits per heavy atom. The highest BCUT2D eigenvalue weighted by molar-refractivity contribution is 5.34. The molecule has 0 amide bonds. The molecule has 3 heterocycles. The third-order valence-electron chi connectivity index (χ3n) is 5.05. The smallest absolute Gasteiger partial charge is 0.320 e. The number of rotatable bonds is 7. The van der Waals surface area contributed by atoms with Crippen LogP contribution in [-0.4, -0.2) is 44.5 Å². The Bertz CT molecular complexity index is 983. The first-order valence-corrected chi connectivity index (χ1v) is 9.62. The molecule has 0 aliphatic carbocycles. The third kappa shape index (κ3) is 4.59. The van der Waals surface area contributed by atoms with Crippen LogP contribution >= 0.6 is 0 Å². The molecular formula is C20H21F3N4O3.